The van der Waals surface area contributed by atoms with E-state index in [1.165, 1.54) is 23.5 Å². The largest absolute Gasteiger partial charge is 0.472 e. The van der Waals surface area contributed by atoms with Gasteiger partial charge in [0, 0.05) is 6.42 Å². The van der Waals surface area contributed by atoms with Gasteiger partial charge in [0.15, 0.2) is 22.6 Å². The molecule has 6 atom stereocenters. The lowest BCUT2D eigenvalue weighted by molar-refractivity contribution is -0.0476. The molecular weight excluding hydrogens is 618 g/mol. The van der Waals surface area contributed by atoms with Crippen LogP contribution in [-0.2, 0) is 32.2 Å². The Labute approximate surface area is 240 Å². The van der Waals surface area contributed by atoms with Gasteiger partial charge in [0.2, 0.25) is 5.95 Å². The van der Waals surface area contributed by atoms with E-state index in [-0.39, 0.29) is 36.0 Å². The fourth-order valence-corrected chi connectivity index (χ4v) is 6.25. The van der Waals surface area contributed by atoms with E-state index in [0.29, 0.717) is 24.0 Å². The summed E-state index contributed by atoms with van der Waals surface area (Å²) in [6.07, 6.45) is 0.390. The SMILES string of the molecule is Nc1nc2c(ncn2[C@H]2C[C@H](OP(=O)(O)OC[C@@H]3CC[C@H](n4cnc5c(N)ncnc54)O3)[C@@H](COP(=O)(O)O)O2)c(=O)[nH]1. The highest BCUT2D eigenvalue weighted by Crippen LogP contribution is 2.50. The molecule has 0 bridgehead atoms. The van der Waals surface area contributed by atoms with E-state index >= 15 is 0 Å². The predicted molar refractivity (Wildman–Crippen MR) is 143 cm³/mol. The molecule has 6 rings (SSSR count). The number of aromatic amines is 1. The van der Waals surface area contributed by atoms with Crippen LogP contribution in [0.25, 0.3) is 22.3 Å². The van der Waals surface area contributed by atoms with Gasteiger partial charge >= 0.3 is 15.6 Å². The molecule has 0 aromatic carbocycles. The summed E-state index contributed by atoms with van der Waals surface area (Å²) in [5.74, 6) is 0.0348. The number of hydrogen-bond donors (Lipinski definition) is 6. The normalized spacial score (nSPS) is 26.0. The van der Waals surface area contributed by atoms with Gasteiger partial charge < -0.3 is 35.6 Å². The zero-order valence-corrected chi connectivity index (χ0v) is 23.7. The molecule has 23 heteroatoms. The van der Waals surface area contributed by atoms with Crippen LogP contribution in [0.5, 0.6) is 0 Å². The predicted octanol–water partition coefficient (Wildman–Crippen LogP) is -0.300. The van der Waals surface area contributed by atoms with Gasteiger partial charge in [-0.05, 0) is 12.8 Å². The number of nitrogen functional groups attached to an aromatic ring is 2. The van der Waals surface area contributed by atoms with Crippen molar-refractivity contribution in [2.24, 2.45) is 0 Å². The highest BCUT2D eigenvalue weighted by atomic mass is 31.2. The molecule has 2 fully saturated rings. The van der Waals surface area contributed by atoms with Crippen molar-refractivity contribution in [2.45, 2.75) is 50.0 Å². The fourth-order valence-electron chi connectivity index (χ4n) is 4.93. The number of fused-ring (bicyclic) bond motifs is 2. The number of anilines is 2. The number of nitrogens with two attached hydrogens (primary N) is 2. The van der Waals surface area contributed by atoms with Crippen molar-refractivity contribution in [1.29, 1.82) is 0 Å². The first-order valence-corrected chi connectivity index (χ1v) is 15.7. The number of aromatic nitrogens is 8. The Kier molecular flexibility index (Phi) is 7.80. The lowest BCUT2D eigenvalue weighted by Gasteiger charge is -2.22. The minimum atomic E-state index is -4.93. The van der Waals surface area contributed by atoms with Gasteiger partial charge in [-0.1, -0.05) is 0 Å². The minimum absolute atomic E-state index is 0.0455. The fraction of sp³-hybridized carbons (Fsp3) is 0.500. The molecule has 0 spiro atoms. The van der Waals surface area contributed by atoms with Crippen molar-refractivity contribution in [3.63, 3.8) is 0 Å². The lowest BCUT2D eigenvalue weighted by atomic mass is 10.2. The molecule has 0 aliphatic carbocycles. The first-order valence-electron chi connectivity index (χ1n) is 12.7. The van der Waals surface area contributed by atoms with E-state index in [1.807, 2.05) is 0 Å². The lowest BCUT2D eigenvalue weighted by Crippen LogP contribution is -2.28. The third kappa shape index (κ3) is 6.31. The Bertz CT molecular complexity index is 1810. The van der Waals surface area contributed by atoms with Crippen molar-refractivity contribution < 1.29 is 46.9 Å². The number of nitrogens with zero attached hydrogens (tertiary/aromatic N) is 7. The van der Waals surface area contributed by atoms with Gasteiger partial charge in [0.05, 0.1) is 32.0 Å². The summed E-state index contributed by atoms with van der Waals surface area (Å²) in [7, 11) is -9.70. The Morgan fingerprint density at radius 3 is 2.47 bits per heavy atom. The monoisotopic (exact) mass is 644 g/mol. The molecule has 232 valence electrons. The molecule has 21 nitrogen and oxygen atoms in total. The van der Waals surface area contributed by atoms with Crippen molar-refractivity contribution in [1.82, 2.24) is 39.0 Å². The third-order valence-corrected chi connectivity index (χ3v) is 8.32. The highest BCUT2D eigenvalue weighted by Gasteiger charge is 2.43. The molecular formula is C20H26N10O11P2. The molecule has 0 amide bonds. The van der Waals surface area contributed by atoms with Gasteiger partial charge in [-0.15, -0.1) is 0 Å². The first kappa shape index (κ1) is 29.7. The number of ether oxygens (including phenoxy) is 2. The maximum Gasteiger partial charge on any atom is 0.472 e. The summed E-state index contributed by atoms with van der Waals surface area (Å²) in [5, 5.41) is 0. The summed E-state index contributed by atoms with van der Waals surface area (Å²) < 4.78 is 54.2. The molecule has 2 aliphatic heterocycles. The highest BCUT2D eigenvalue weighted by molar-refractivity contribution is 7.47. The molecule has 43 heavy (non-hydrogen) atoms. The first-order chi connectivity index (χ1) is 20.4. The Hall–Kier alpha value is -3.36. The maximum atomic E-state index is 13.0. The van der Waals surface area contributed by atoms with Crippen LogP contribution in [0.15, 0.2) is 23.8 Å². The van der Waals surface area contributed by atoms with Crippen molar-refractivity contribution in [3.8, 4) is 0 Å². The second-order valence-corrected chi connectivity index (χ2v) is 12.4. The van der Waals surface area contributed by atoms with Crippen LogP contribution in [0.4, 0.5) is 11.8 Å². The topological polar surface area (TPSA) is 300 Å². The molecule has 8 N–H and O–H groups in total. The van der Waals surface area contributed by atoms with Crippen LogP contribution in [0.2, 0.25) is 0 Å². The zero-order valence-electron chi connectivity index (χ0n) is 21.9. The average Bonchev–Trinajstić information content (AvgIpc) is 3.71. The van der Waals surface area contributed by atoms with E-state index in [9.17, 15) is 28.6 Å². The second-order valence-electron chi connectivity index (χ2n) is 9.71. The van der Waals surface area contributed by atoms with Crippen molar-refractivity contribution >= 4 is 49.7 Å². The van der Waals surface area contributed by atoms with Crippen LogP contribution in [0, 0.1) is 0 Å². The van der Waals surface area contributed by atoms with Gasteiger partial charge in [-0.3, -0.25) is 32.5 Å². The van der Waals surface area contributed by atoms with E-state index in [4.69, 9.17) is 30.0 Å². The van der Waals surface area contributed by atoms with Crippen molar-refractivity contribution in [3.05, 3.63) is 29.3 Å². The molecule has 4 aromatic heterocycles. The number of phosphoric acid groups is 2. The van der Waals surface area contributed by atoms with E-state index < -0.39 is 58.6 Å². The number of hydrogen-bond acceptors (Lipinski definition) is 15. The number of phosphoric ester groups is 2. The summed E-state index contributed by atoms with van der Waals surface area (Å²) in [6.45, 7) is -1.01. The van der Waals surface area contributed by atoms with E-state index in [1.54, 1.807) is 4.57 Å². The summed E-state index contributed by atoms with van der Waals surface area (Å²) in [5.41, 5.74) is 11.8. The number of rotatable bonds is 10. The van der Waals surface area contributed by atoms with Crippen LogP contribution >= 0.6 is 15.6 Å². The summed E-state index contributed by atoms with van der Waals surface area (Å²) in [6, 6.07) is 0. The zero-order chi connectivity index (χ0) is 30.5. The molecule has 0 saturated carbocycles. The van der Waals surface area contributed by atoms with Gasteiger partial charge in [-0.2, -0.15) is 4.98 Å². The van der Waals surface area contributed by atoms with Crippen LogP contribution < -0.4 is 17.0 Å². The summed E-state index contributed by atoms with van der Waals surface area (Å²) in [4.78, 5) is 63.7. The summed E-state index contributed by atoms with van der Waals surface area (Å²) >= 11 is 0. The number of H-pyrrole nitrogens is 1. The van der Waals surface area contributed by atoms with Gasteiger partial charge in [0.25, 0.3) is 5.56 Å². The van der Waals surface area contributed by atoms with Crippen LogP contribution in [0.3, 0.4) is 0 Å². The minimum Gasteiger partial charge on any atom is -0.382 e. The smallest absolute Gasteiger partial charge is 0.382 e. The average molecular weight is 644 g/mol. The van der Waals surface area contributed by atoms with E-state index in [2.05, 4.69) is 34.4 Å². The standard InChI is InChI=1S/C20H26N10O11P2/c21-16-14-17(24-6-23-16)29(7-25-14)12-2-1-9(39-12)4-38-43(35,36)41-10-3-13(40-11(10)5-37-42(32,33)34)30-8-26-15-18(30)27-20(22)28-19(15)31/h6-13H,1-5H2,(H,35,36)(H2,21,23,24)(H2,32,33,34)(H3,22,27,28,31)/t9-,10-,11+,12+,13+/m0/s1. The van der Waals surface area contributed by atoms with Crippen LogP contribution in [-0.4, -0.2) is 85.2 Å². The Morgan fingerprint density at radius 2 is 1.70 bits per heavy atom. The van der Waals surface area contributed by atoms with Crippen molar-refractivity contribution in [2.75, 3.05) is 24.7 Å². The number of nitrogens with one attached hydrogen (secondary N) is 1. The quantitative estimate of drug-likeness (QED) is 0.121. The maximum absolute atomic E-state index is 13.0. The van der Waals surface area contributed by atoms with Gasteiger partial charge in [0.1, 0.15) is 36.5 Å². The second kappa shape index (κ2) is 11.3. The molecule has 4 aromatic rings. The molecule has 6 heterocycles. The molecule has 1 unspecified atom stereocenters. The molecule has 2 aliphatic rings. The third-order valence-electron chi connectivity index (χ3n) is 6.82. The van der Waals surface area contributed by atoms with Crippen LogP contribution in [0.1, 0.15) is 31.7 Å². The Morgan fingerprint density at radius 1 is 0.953 bits per heavy atom. The van der Waals surface area contributed by atoms with Gasteiger partial charge in [-0.25, -0.2) is 29.1 Å². The number of imidazole rings is 2. The molecule has 0 radical (unpaired) electrons. The molecule has 2 saturated heterocycles. The van der Waals surface area contributed by atoms with E-state index in [0.717, 1.165) is 0 Å². The Balaban J connectivity index is 1.12.